The summed E-state index contributed by atoms with van der Waals surface area (Å²) in [5.41, 5.74) is 1.58. The van der Waals surface area contributed by atoms with Gasteiger partial charge in [0.15, 0.2) is 0 Å². The molecule has 8 heteroatoms. The second-order valence-electron chi connectivity index (χ2n) is 8.34. The molecule has 1 aliphatic carbocycles. The van der Waals surface area contributed by atoms with E-state index in [-0.39, 0.29) is 18.4 Å². The minimum absolute atomic E-state index is 0.0602. The van der Waals surface area contributed by atoms with E-state index in [9.17, 15) is 18.0 Å². The van der Waals surface area contributed by atoms with Crippen LogP contribution in [0.15, 0.2) is 53.9 Å². The van der Waals surface area contributed by atoms with Gasteiger partial charge in [-0.15, -0.1) is 11.3 Å². The maximum atomic E-state index is 13.1. The summed E-state index contributed by atoms with van der Waals surface area (Å²) in [6.07, 6.45) is -2.58. The summed E-state index contributed by atoms with van der Waals surface area (Å²) in [7, 11) is 0. The predicted molar refractivity (Wildman–Crippen MR) is 121 cm³/mol. The number of rotatable bonds is 8. The summed E-state index contributed by atoms with van der Waals surface area (Å²) >= 11 is 1.43. The molecule has 33 heavy (non-hydrogen) atoms. The quantitative estimate of drug-likeness (QED) is 0.382. The standard InChI is InChI=1S/C25H25F3N2O2S/c1-16-6-10-22(11-7-16)32-14-23-29-20(15-33-23)13-24(31)30(21-8-9-21)17(2)18-4-3-5-19(12-18)25(26,27)28/h3-7,10-12,15,17,21H,8-9,13-14H2,1-2H3. The molecule has 0 saturated heterocycles. The van der Waals surface area contributed by atoms with Crippen molar-refractivity contribution < 1.29 is 22.7 Å². The highest BCUT2D eigenvalue weighted by Crippen LogP contribution is 2.37. The van der Waals surface area contributed by atoms with Gasteiger partial charge in [-0.1, -0.05) is 29.8 Å². The average Bonchev–Trinajstić information content (AvgIpc) is 3.51. The van der Waals surface area contributed by atoms with E-state index < -0.39 is 17.8 Å². The number of benzene rings is 2. The van der Waals surface area contributed by atoms with Gasteiger partial charge in [0.1, 0.15) is 17.4 Å². The number of halogens is 3. The number of thiazole rings is 1. The fourth-order valence-electron chi connectivity index (χ4n) is 3.75. The van der Waals surface area contributed by atoms with Crippen LogP contribution in [-0.4, -0.2) is 21.8 Å². The van der Waals surface area contributed by atoms with Crippen molar-refractivity contribution >= 4 is 17.2 Å². The number of amides is 1. The van der Waals surface area contributed by atoms with Crippen molar-refractivity contribution in [2.24, 2.45) is 0 Å². The molecule has 0 spiro atoms. The van der Waals surface area contributed by atoms with Crippen LogP contribution in [0.5, 0.6) is 5.75 Å². The number of nitrogens with zero attached hydrogens (tertiary/aromatic N) is 2. The lowest BCUT2D eigenvalue weighted by atomic mass is 10.0. The first-order valence-corrected chi connectivity index (χ1v) is 11.7. The molecule has 174 valence electrons. The van der Waals surface area contributed by atoms with Gasteiger partial charge in [0, 0.05) is 11.4 Å². The predicted octanol–water partition coefficient (Wildman–Crippen LogP) is 6.34. The van der Waals surface area contributed by atoms with Crippen molar-refractivity contribution in [1.82, 2.24) is 9.88 Å². The van der Waals surface area contributed by atoms with E-state index in [0.717, 1.165) is 41.3 Å². The minimum Gasteiger partial charge on any atom is -0.486 e. The number of hydrogen-bond donors (Lipinski definition) is 0. The van der Waals surface area contributed by atoms with Crippen LogP contribution in [0.25, 0.3) is 0 Å². The van der Waals surface area contributed by atoms with E-state index in [4.69, 9.17) is 4.74 Å². The van der Waals surface area contributed by atoms with Crippen LogP contribution in [0.1, 0.15) is 53.2 Å². The first-order chi connectivity index (χ1) is 15.7. The lowest BCUT2D eigenvalue weighted by Gasteiger charge is -2.30. The van der Waals surface area contributed by atoms with E-state index in [1.54, 1.807) is 17.9 Å². The van der Waals surface area contributed by atoms with Gasteiger partial charge in [0.2, 0.25) is 5.91 Å². The summed E-state index contributed by atoms with van der Waals surface area (Å²) in [4.78, 5) is 19.4. The van der Waals surface area contributed by atoms with Crippen molar-refractivity contribution in [2.45, 2.75) is 58.0 Å². The third-order valence-electron chi connectivity index (χ3n) is 5.66. The van der Waals surface area contributed by atoms with Crippen molar-refractivity contribution in [1.29, 1.82) is 0 Å². The van der Waals surface area contributed by atoms with E-state index in [2.05, 4.69) is 4.98 Å². The fourth-order valence-corrected chi connectivity index (χ4v) is 4.45. The molecule has 1 aromatic heterocycles. The summed E-state index contributed by atoms with van der Waals surface area (Å²) in [6.45, 7) is 4.11. The Labute approximate surface area is 195 Å². The third-order valence-corrected chi connectivity index (χ3v) is 6.53. The normalized spacial score (nSPS) is 14.7. The highest BCUT2D eigenvalue weighted by Gasteiger charge is 2.37. The van der Waals surface area contributed by atoms with E-state index in [1.807, 2.05) is 36.6 Å². The summed E-state index contributed by atoms with van der Waals surface area (Å²) < 4.78 is 45.2. The highest BCUT2D eigenvalue weighted by molar-refractivity contribution is 7.09. The number of aryl methyl sites for hydroxylation is 1. The molecule has 4 nitrogen and oxygen atoms in total. The summed E-state index contributed by atoms with van der Waals surface area (Å²) in [5.74, 6) is 0.627. The molecule has 0 aliphatic heterocycles. The Kier molecular flexibility index (Phi) is 6.74. The second-order valence-corrected chi connectivity index (χ2v) is 9.29. The molecule has 1 unspecified atom stereocenters. The van der Waals surface area contributed by atoms with Gasteiger partial charge < -0.3 is 9.64 Å². The Morgan fingerprint density at radius 1 is 1.21 bits per heavy atom. The zero-order chi connectivity index (χ0) is 23.6. The van der Waals surface area contributed by atoms with Crippen LogP contribution in [-0.2, 0) is 24.0 Å². The molecule has 1 aliphatic rings. The molecule has 4 rings (SSSR count). The Morgan fingerprint density at radius 3 is 2.61 bits per heavy atom. The molecule has 1 saturated carbocycles. The van der Waals surface area contributed by atoms with Crippen LogP contribution in [0.4, 0.5) is 13.2 Å². The van der Waals surface area contributed by atoms with Gasteiger partial charge >= 0.3 is 6.18 Å². The number of carbonyl (C=O) groups is 1. The van der Waals surface area contributed by atoms with E-state index in [1.165, 1.54) is 17.4 Å². The molecule has 1 amide bonds. The largest absolute Gasteiger partial charge is 0.486 e. The first kappa shape index (κ1) is 23.3. The molecule has 0 bridgehead atoms. The number of hydrogen-bond acceptors (Lipinski definition) is 4. The zero-order valence-electron chi connectivity index (χ0n) is 18.4. The van der Waals surface area contributed by atoms with Crippen LogP contribution < -0.4 is 4.74 Å². The third kappa shape index (κ3) is 5.93. The SMILES string of the molecule is Cc1ccc(OCc2nc(CC(=O)N(C3CC3)C(C)c3cccc(C(F)(F)F)c3)cs2)cc1. The fraction of sp³-hybridized carbons (Fsp3) is 0.360. The molecule has 1 heterocycles. The zero-order valence-corrected chi connectivity index (χ0v) is 19.2. The Bertz CT molecular complexity index is 1110. The number of carbonyl (C=O) groups excluding carboxylic acids is 1. The molecule has 1 fully saturated rings. The van der Waals surface area contributed by atoms with Gasteiger partial charge in [-0.25, -0.2) is 4.98 Å². The molecular formula is C25H25F3N2O2S. The van der Waals surface area contributed by atoms with Gasteiger partial charge in [0.25, 0.3) is 0 Å². The molecule has 0 radical (unpaired) electrons. The molecule has 1 atom stereocenters. The number of ether oxygens (including phenoxy) is 1. The van der Waals surface area contributed by atoms with Crippen LogP contribution in [0.3, 0.4) is 0 Å². The highest BCUT2D eigenvalue weighted by atomic mass is 32.1. The van der Waals surface area contributed by atoms with Crippen molar-refractivity contribution in [3.05, 3.63) is 81.3 Å². The Hall–Kier alpha value is -2.87. The Morgan fingerprint density at radius 2 is 1.94 bits per heavy atom. The summed E-state index contributed by atoms with van der Waals surface area (Å²) in [5, 5.41) is 2.61. The molecular weight excluding hydrogens is 449 g/mol. The van der Waals surface area contributed by atoms with Crippen molar-refractivity contribution in [3.63, 3.8) is 0 Å². The molecule has 3 aromatic rings. The van der Waals surface area contributed by atoms with E-state index in [0.29, 0.717) is 17.9 Å². The van der Waals surface area contributed by atoms with Crippen LogP contribution in [0.2, 0.25) is 0 Å². The molecule has 0 N–H and O–H groups in total. The number of aromatic nitrogens is 1. The van der Waals surface area contributed by atoms with Crippen LogP contribution in [0, 0.1) is 6.92 Å². The maximum absolute atomic E-state index is 13.1. The maximum Gasteiger partial charge on any atom is 0.416 e. The monoisotopic (exact) mass is 474 g/mol. The van der Waals surface area contributed by atoms with E-state index >= 15 is 0 Å². The molecule has 2 aromatic carbocycles. The lowest BCUT2D eigenvalue weighted by molar-refractivity contribution is -0.137. The number of alkyl halides is 3. The summed E-state index contributed by atoms with van der Waals surface area (Å²) in [6, 6.07) is 12.6. The van der Waals surface area contributed by atoms with Crippen molar-refractivity contribution in [2.75, 3.05) is 0 Å². The smallest absolute Gasteiger partial charge is 0.416 e. The lowest BCUT2D eigenvalue weighted by Crippen LogP contribution is -2.36. The van der Waals surface area contributed by atoms with Gasteiger partial charge in [-0.3, -0.25) is 4.79 Å². The van der Waals surface area contributed by atoms with Gasteiger partial charge in [-0.05, 0) is 56.5 Å². The average molecular weight is 475 g/mol. The Balaban J connectivity index is 1.41. The topological polar surface area (TPSA) is 42.4 Å². The second kappa shape index (κ2) is 9.55. The van der Waals surface area contributed by atoms with Gasteiger partial charge in [0.05, 0.1) is 23.7 Å². The first-order valence-electron chi connectivity index (χ1n) is 10.8. The van der Waals surface area contributed by atoms with Gasteiger partial charge in [-0.2, -0.15) is 13.2 Å². The minimum atomic E-state index is -4.41. The van der Waals surface area contributed by atoms with Crippen LogP contribution >= 0.6 is 11.3 Å². The van der Waals surface area contributed by atoms with Crippen molar-refractivity contribution in [3.8, 4) is 5.75 Å².